The average molecular weight is 308 g/mol. The number of piperidine rings is 1. The second-order valence-corrected chi connectivity index (χ2v) is 5.21. The van der Waals surface area contributed by atoms with Crippen LogP contribution in [0.5, 0.6) is 0 Å². The number of nitrogens with one attached hydrogen (secondary N) is 1. The molecule has 1 aliphatic rings. The van der Waals surface area contributed by atoms with Gasteiger partial charge in [0.15, 0.2) is 0 Å². The molecule has 7 heteroatoms. The highest BCUT2D eigenvalue weighted by atomic mass is 19.4. The van der Waals surface area contributed by atoms with Crippen LogP contribution in [0.2, 0.25) is 0 Å². The molecule has 1 amide bonds. The molecule has 0 aliphatic carbocycles. The van der Waals surface area contributed by atoms with Crippen LogP contribution in [0.15, 0.2) is 12.2 Å². The third kappa shape index (κ3) is 7.47. The Balaban J connectivity index is 2.13. The molecular formula is C14H23F3N2O2. The number of halogens is 3. The van der Waals surface area contributed by atoms with Gasteiger partial charge in [0, 0.05) is 20.2 Å². The number of ether oxygens (including phenoxy) is 1. The Labute approximate surface area is 123 Å². The summed E-state index contributed by atoms with van der Waals surface area (Å²) < 4.78 is 41.1. The maximum absolute atomic E-state index is 12.1. The van der Waals surface area contributed by atoms with E-state index in [0.29, 0.717) is 6.61 Å². The van der Waals surface area contributed by atoms with Gasteiger partial charge in [-0.2, -0.15) is 13.2 Å². The number of likely N-dealkylation sites (tertiary alicyclic amines) is 1. The zero-order valence-electron chi connectivity index (χ0n) is 12.3. The van der Waals surface area contributed by atoms with Crippen LogP contribution in [0.25, 0.3) is 0 Å². The molecule has 1 rings (SSSR count). The fraction of sp³-hybridized carbons (Fsp3) is 0.786. The third-order valence-corrected chi connectivity index (χ3v) is 3.56. The van der Waals surface area contributed by atoms with Gasteiger partial charge in [0.1, 0.15) is 0 Å². The molecule has 4 nitrogen and oxygen atoms in total. The number of alkyl halides is 3. The van der Waals surface area contributed by atoms with Crippen LogP contribution < -0.4 is 5.32 Å². The second kappa shape index (κ2) is 9.04. The van der Waals surface area contributed by atoms with Crippen molar-refractivity contribution in [1.29, 1.82) is 0 Å². The first-order valence-electron chi connectivity index (χ1n) is 7.14. The van der Waals surface area contributed by atoms with Crippen molar-refractivity contribution in [1.82, 2.24) is 10.2 Å². The molecule has 0 aromatic rings. The smallest absolute Gasteiger partial charge is 0.381 e. The van der Waals surface area contributed by atoms with Crippen molar-refractivity contribution in [3.05, 3.63) is 12.2 Å². The zero-order valence-corrected chi connectivity index (χ0v) is 12.3. The predicted molar refractivity (Wildman–Crippen MR) is 73.9 cm³/mol. The van der Waals surface area contributed by atoms with Crippen LogP contribution in [0.1, 0.15) is 19.3 Å². The maximum Gasteiger partial charge on any atom is 0.471 e. The molecule has 0 aromatic heterocycles. The summed E-state index contributed by atoms with van der Waals surface area (Å²) in [5.74, 6) is -1.70. The van der Waals surface area contributed by atoms with Crippen molar-refractivity contribution in [2.45, 2.75) is 25.4 Å². The largest absolute Gasteiger partial charge is 0.471 e. The van der Waals surface area contributed by atoms with E-state index >= 15 is 0 Å². The van der Waals surface area contributed by atoms with Crippen molar-refractivity contribution in [3.63, 3.8) is 0 Å². The Morgan fingerprint density at radius 3 is 2.57 bits per heavy atom. The van der Waals surface area contributed by atoms with Gasteiger partial charge in [0.25, 0.3) is 0 Å². The van der Waals surface area contributed by atoms with Gasteiger partial charge in [-0.05, 0) is 38.3 Å². The fourth-order valence-corrected chi connectivity index (χ4v) is 2.29. The summed E-state index contributed by atoms with van der Waals surface area (Å²) in [4.78, 5) is 13.0. The topological polar surface area (TPSA) is 41.6 Å². The minimum Gasteiger partial charge on any atom is -0.381 e. The molecule has 1 aliphatic heterocycles. The van der Waals surface area contributed by atoms with E-state index in [9.17, 15) is 18.0 Å². The summed E-state index contributed by atoms with van der Waals surface area (Å²) in [5.41, 5.74) is 0. The van der Waals surface area contributed by atoms with Crippen LogP contribution in [0.3, 0.4) is 0 Å². The molecule has 0 unspecified atom stereocenters. The molecule has 0 bridgehead atoms. The van der Waals surface area contributed by atoms with Gasteiger partial charge in [-0.25, -0.2) is 0 Å². The molecule has 0 spiro atoms. The molecule has 1 saturated heterocycles. The Bertz CT molecular complexity index is 338. The molecule has 1 N–H and O–H groups in total. The van der Waals surface area contributed by atoms with Crippen molar-refractivity contribution >= 4 is 5.91 Å². The van der Waals surface area contributed by atoms with Gasteiger partial charge in [-0.15, -0.1) is 0 Å². The van der Waals surface area contributed by atoms with Crippen molar-refractivity contribution in [2.75, 3.05) is 39.9 Å². The van der Waals surface area contributed by atoms with Crippen LogP contribution in [0.4, 0.5) is 13.2 Å². The molecule has 122 valence electrons. The number of hydrogen-bond acceptors (Lipinski definition) is 3. The summed E-state index contributed by atoms with van der Waals surface area (Å²) in [5, 5.41) is 1.97. The summed E-state index contributed by atoms with van der Waals surface area (Å²) in [6.45, 7) is 3.40. The van der Waals surface area contributed by atoms with E-state index in [4.69, 9.17) is 4.74 Å². The molecule has 0 radical (unpaired) electrons. The number of methoxy groups -OCH3 is 1. The maximum atomic E-state index is 12.1. The van der Waals surface area contributed by atoms with E-state index in [1.54, 1.807) is 7.11 Å². The van der Waals surface area contributed by atoms with E-state index in [2.05, 4.69) is 11.0 Å². The first-order valence-corrected chi connectivity index (χ1v) is 7.14. The summed E-state index contributed by atoms with van der Waals surface area (Å²) in [6, 6.07) is 0. The molecule has 0 aromatic carbocycles. The third-order valence-electron chi connectivity index (χ3n) is 3.56. The van der Waals surface area contributed by atoms with Gasteiger partial charge < -0.3 is 15.0 Å². The lowest BCUT2D eigenvalue weighted by atomic mass is 9.96. The second-order valence-electron chi connectivity index (χ2n) is 5.21. The first kappa shape index (κ1) is 18.0. The molecule has 0 atom stereocenters. The Morgan fingerprint density at radius 2 is 2.00 bits per heavy atom. The van der Waals surface area contributed by atoms with Crippen LogP contribution in [-0.2, 0) is 9.53 Å². The number of amides is 1. The lowest BCUT2D eigenvalue weighted by Gasteiger charge is -2.31. The van der Waals surface area contributed by atoms with E-state index < -0.39 is 12.1 Å². The number of hydrogen-bond donors (Lipinski definition) is 1. The molecule has 1 fully saturated rings. The average Bonchev–Trinajstić information content (AvgIpc) is 2.44. The number of rotatable bonds is 7. The quantitative estimate of drug-likeness (QED) is 0.731. The lowest BCUT2D eigenvalue weighted by Crippen LogP contribution is -2.42. The highest BCUT2D eigenvalue weighted by Gasteiger charge is 2.38. The van der Waals surface area contributed by atoms with E-state index in [1.807, 2.05) is 11.4 Å². The molecular weight excluding hydrogens is 285 g/mol. The van der Waals surface area contributed by atoms with Crippen LogP contribution in [0, 0.1) is 5.92 Å². The van der Waals surface area contributed by atoms with E-state index in [1.165, 1.54) is 0 Å². The fourth-order valence-electron chi connectivity index (χ4n) is 2.29. The van der Waals surface area contributed by atoms with Gasteiger partial charge >= 0.3 is 12.1 Å². The molecule has 1 heterocycles. The predicted octanol–water partition coefficient (Wildman–Crippen LogP) is 1.97. The van der Waals surface area contributed by atoms with E-state index in [0.717, 1.165) is 38.9 Å². The molecule has 0 saturated carbocycles. The first-order chi connectivity index (χ1) is 9.93. The summed E-state index contributed by atoms with van der Waals surface area (Å²) >= 11 is 0. The lowest BCUT2D eigenvalue weighted by molar-refractivity contribution is -0.173. The van der Waals surface area contributed by atoms with E-state index in [-0.39, 0.29) is 12.5 Å². The van der Waals surface area contributed by atoms with Gasteiger partial charge in [0.2, 0.25) is 0 Å². The number of carbonyl (C=O) groups excluding carboxylic acids is 1. The highest BCUT2D eigenvalue weighted by molar-refractivity contribution is 5.81. The van der Waals surface area contributed by atoms with Crippen LogP contribution in [-0.4, -0.2) is 56.9 Å². The summed E-state index contributed by atoms with van der Waals surface area (Å²) in [7, 11) is 1.65. The number of carbonyl (C=O) groups is 1. The standard InChI is InChI=1S/C14H23F3N2O2/c1-21-10-4-2-3-7-19-8-5-12(6-9-19)11-18-13(20)14(15,16)17/h2,4,12H,3,5-11H2,1H3,(H,18,20)/b4-2+. The normalized spacial score (nSPS) is 18.3. The van der Waals surface area contributed by atoms with Crippen molar-refractivity contribution in [3.8, 4) is 0 Å². The Hall–Kier alpha value is -1.08. The van der Waals surface area contributed by atoms with Crippen LogP contribution >= 0.6 is 0 Å². The van der Waals surface area contributed by atoms with Gasteiger partial charge in [-0.3, -0.25) is 4.79 Å². The summed E-state index contributed by atoms with van der Waals surface area (Å²) in [6.07, 6.45) is 1.84. The minimum absolute atomic E-state index is 0.111. The number of nitrogens with zero attached hydrogens (tertiary/aromatic N) is 1. The zero-order chi connectivity index (χ0) is 15.7. The molecule has 21 heavy (non-hydrogen) atoms. The van der Waals surface area contributed by atoms with Gasteiger partial charge in [0.05, 0.1) is 6.61 Å². The van der Waals surface area contributed by atoms with Gasteiger partial charge in [-0.1, -0.05) is 12.2 Å². The van der Waals surface area contributed by atoms with Crippen molar-refractivity contribution in [2.24, 2.45) is 5.92 Å². The SMILES string of the molecule is COC/C=C/CCN1CCC(CNC(=O)C(F)(F)F)CC1. The monoisotopic (exact) mass is 308 g/mol. The van der Waals surface area contributed by atoms with Crippen molar-refractivity contribution < 1.29 is 22.7 Å². The Kier molecular flexibility index (Phi) is 7.74. The Morgan fingerprint density at radius 1 is 1.33 bits per heavy atom. The highest BCUT2D eigenvalue weighted by Crippen LogP contribution is 2.18. The minimum atomic E-state index is -4.78.